The molecule has 1 rings (SSSR count). The van der Waals surface area contributed by atoms with Crippen molar-refractivity contribution in [1.29, 1.82) is 0 Å². The van der Waals surface area contributed by atoms with E-state index >= 15 is 0 Å². The summed E-state index contributed by atoms with van der Waals surface area (Å²) >= 11 is 2.03. The number of carbonyl (C=O) groups is 2. The first-order valence-corrected chi connectivity index (χ1v) is 6.71. The average Bonchev–Trinajstić information content (AvgIpc) is 2.41. The standard InChI is InChI=1S/C13H15IO5/c1-17-4-3-5-19-13(16)10-6-9(12(15)18-2)7-11(14)8-10/h6-8H,3-5H2,1-2H3. The number of methoxy groups -OCH3 is 2. The minimum absolute atomic E-state index is 0.283. The molecule has 0 saturated carbocycles. The van der Waals surface area contributed by atoms with Crippen LogP contribution in [-0.2, 0) is 14.2 Å². The van der Waals surface area contributed by atoms with E-state index in [0.29, 0.717) is 24.2 Å². The summed E-state index contributed by atoms with van der Waals surface area (Å²) in [5, 5.41) is 0. The van der Waals surface area contributed by atoms with Crippen molar-refractivity contribution in [3.8, 4) is 0 Å². The third kappa shape index (κ3) is 5.15. The van der Waals surface area contributed by atoms with Crippen LogP contribution in [0.5, 0.6) is 0 Å². The van der Waals surface area contributed by atoms with Crippen LogP contribution in [-0.4, -0.2) is 39.4 Å². The number of hydrogen-bond acceptors (Lipinski definition) is 5. The normalized spacial score (nSPS) is 10.1. The Morgan fingerprint density at radius 2 is 1.68 bits per heavy atom. The van der Waals surface area contributed by atoms with E-state index in [4.69, 9.17) is 9.47 Å². The molecule has 104 valence electrons. The molecule has 0 amide bonds. The molecule has 6 heteroatoms. The van der Waals surface area contributed by atoms with Crippen molar-refractivity contribution in [2.24, 2.45) is 0 Å². The van der Waals surface area contributed by atoms with Crippen LogP contribution in [0.25, 0.3) is 0 Å². The lowest BCUT2D eigenvalue weighted by molar-refractivity contribution is 0.0468. The molecule has 0 saturated heterocycles. The summed E-state index contributed by atoms with van der Waals surface area (Å²) < 4.78 is 15.3. The number of carbonyl (C=O) groups excluding carboxylic acids is 2. The van der Waals surface area contributed by atoms with Crippen molar-refractivity contribution in [3.63, 3.8) is 0 Å². The lowest BCUT2D eigenvalue weighted by atomic mass is 10.1. The highest BCUT2D eigenvalue weighted by atomic mass is 127. The van der Waals surface area contributed by atoms with Gasteiger partial charge in [-0.3, -0.25) is 0 Å². The fourth-order valence-corrected chi connectivity index (χ4v) is 2.07. The topological polar surface area (TPSA) is 61.8 Å². The average molecular weight is 378 g/mol. The largest absolute Gasteiger partial charge is 0.465 e. The highest BCUT2D eigenvalue weighted by Gasteiger charge is 2.13. The number of esters is 2. The van der Waals surface area contributed by atoms with E-state index < -0.39 is 11.9 Å². The Labute approximate surface area is 125 Å². The molecular formula is C13H15IO5. The van der Waals surface area contributed by atoms with Crippen molar-refractivity contribution in [2.45, 2.75) is 6.42 Å². The summed E-state index contributed by atoms with van der Waals surface area (Å²) in [6, 6.07) is 4.77. The van der Waals surface area contributed by atoms with Crippen molar-refractivity contribution >= 4 is 34.5 Å². The van der Waals surface area contributed by atoms with Gasteiger partial charge in [-0.25, -0.2) is 9.59 Å². The monoisotopic (exact) mass is 378 g/mol. The van der Waals surface area contributed by atoms with Gasteiger partial charge in [0.2, 0.25) is 0 Å². The van der Waals surface area contributed by atoms with Gasteiger partial charge in [0.25, 0.3) is 0 Å². The maximum Gasteiger partial charge on any atom is 0.338 e. The number of benzene rings is 1. The van der Waals surface area contributed by atoms with Gasteiger partial charge in [-0.1, -0.05) is 0 Å². The molecule has 0 fully saturated rings. The number of halogens is 1. The van der Waals surface area contributed by atoms with E-state index in [9.17, 15) is 9.59 Å². The van der Waals surface area contributed by atoms with Gasteiger partial charge in [0.05, 0.1) is 24.8 Å². The second-order valence-corrected chi connectivity index (χ2v) is 4.95. The molecule has 0 radical (unpaired) electrons. The summed E-state index contributed by atoms with van der Waals surface area (Å²) in [6.07, 6.45) is 0.635. The van der Waals surface area contributed by atoms with Gasteiger partial charge >= 0.3 is 11.9 Å². The Morgan fingerprint density at radius 1 is 1.05 bits per heavy atom. The van der Waals surface area contributed by atoms with Gasteiger partial charge in [-0.15, -0.1) is 0 Å². The van der Waals surface area contributed by atoms with E-state index in [0.717, 1.165) is 3.57 Å². The minimum Gasteiger partial charge on any atom is -0.465 e. The van der Waals surface area contributed by atoms with Crippen LogP contribution in [0.2, 0.25) is 0 Å². The predicted octanol–water partition coefficient (Wildman–Crippen LogP) is 2.27. The summed E-state index contributed by atoms with van der Waals surface area (Å²) in [7, 11) is 2.88. The Hall–Kier alpha value is -1.15. The van der Waals surface area contributed by atoms with Gasteiger partial charge in [-0.2, -0.15) is 0 Å². The van der Waals surface area contributed by atoms with Gasteiger partial charge in [0, 0.05) is 23.7 Å². The maximum atomic E-state index is 11.8. The zero-order valence-electron chi connectivity index (χ0n) is 10.8. The second-order valence-electron chi connectivity index (χ2n) is 3.70. The third-order valence-corrected chi connectivity index (χ3v) is 2.90. The molecule has 0 aliphatic carbocycles. The molecule has 0 aromatic heterocycles. The highest BCUT2D eigenvalue weighted by molar-refractivity contribution is 14.1. The molecule has 0 bridgehead atoms. The van der Waals surface area contributed by atoms with Crippen molar-refractivity contribution in [2.75, 3.05) is 27.4 Å². The smallest absolute Gasteiger partial charge is 0.338 e. The quantitative estimate of drug-likeness (QED) is 0.432. The molecule has 1 aromatic rings. The van der Waals surface area contributed by atoms with E-state index in [2.05, 4.69) is 4.74 Å². The molecule has 1 aromatic carbocycles. The first-order chi connectivity index (χ1) is 9.08. The Kier molecular flexibility index (Phi) is 6.79. The Balaban J connectivity index is 2.74. The summed E-state index contributed by atoms with van der Waals surface area (Å²) in [4.78, 5) is 23.3. The van der Waals surface area contributed by atoms with Crippen LogP contribution in [0.15, 0.2) is 18.2 Å². The zero-order valence-corrected chi connectivity index (χ0v) is 12.9. The predicted molar refractivity (Wildman–Crippen MR) is 77.3 cm³/mol. The summed E-state index contributed by atoms with van der Waals surface area (Å²) in [5.74, 6) is -0.938. The molecule has 19 heavy (non-hydrogen) atoms. The lowest BCUT2D eigenvalue weighted by Gasteiger charge is -2.07. The van der Waals surface area contributed by atoms with Crippen LogP contribution in [0.3, 0.4) is 0 Å². The molecule has 0 spiro atoms. The first-order valence-electron chi connectivity index (χ1n) is 5.63. The third-order valence-electron chi connectivity index (χ3n) is 2.28. The van der Waals surface area contributed by atoms with E-state index in [-0.39, 0.29) is 6.61 Å². The molecule has 5 nitrogen and oxygen atoms in total. The fourth-order valence-electron chi connectivity index (χ4n) is 1.39. The fraction of sp³-hybridized carbons (Fsp3) is 0.385. The van der Waals surface area contributed by atoms with Crippen molar-refractivity contribution < 1.29 is 23.8 Å². The van der Waals surface area contributed by atoms with Crippen LogP contribution in [0.1, 0.15) is 27.1 Å². The Morgan fingerprint density at radius 3 is 2.26 bits per heavy atom. The SMILES string of the molecule is COCCCOC(=O)c1cc(I)cc(C(=O)OC)c1. The maximum absolute atomic E-state index is 11.8. The van der Waals surface area contributed by atoms with Crippen molar-refractivity contribution in [3.05, 3.63) is 32.9 Å². The summed E-state index contributed by atoms with van der Waals surface area (Å²) in [5.41, 5.74) is 0.669. The van der Waals surface area contributed by atoms with Crippen LogP contribution >= 0.6 is 22.6 Å². The molecule has 0 N–H and O–H groups in total. The second kappa shape index (κ2) is 8.11. The molecule has 0 unspecified atom stereocenters. The van der Waals surface area contributed by atoms with Gasteiger partial charge in [0.1, 0.15) is 0 Å². The first kappa shape index (κ1) is 15.9. The summed E-state index contributed by atoms with van der Waals surface area (Å²) in [6.45, 7) is 0.818. The Bertz CT molecular complexity index is 458. The number of rotatable bonds is 6. The van der Waals surface area contributed by atoms with E-state index in [1.54, 1.807) is 19.2 Å². The van der Waals surface area contributed by atoms with Crippen LogP contribution < -0.4 is 0 Å². The molecule has 0 atom stereocenters. The van der Waals surface area contributed by atoms with Gasteiger partial charge < -0.3 is 14.2 Å². The molecular weight excluding hydrogens is 363 g/mol. The highest BCUT2D eigenvalue weighted by Crippen LogP contribution is 2.14. The molecule has 0 heterocycles. The van der Waals surface area contributed by atoms with E-state index in [1.165, 1.54) is 13.2 Å². The lowest BCUT2D eigenvalue weighted by Crippen LogP contribution is -2.10. The van der Waals surface area contributed by atoms with Gasteiger partial charge in [0.15, 0.2) is 0 Å². The minimum atomic E-state index is -0.480. The van der Waals surface area contributed by atoms with Crippen molar-refractivity contribution in [1.82, 2.24) is 0 Å². The zero-order chi connectivity index (χ0) is 14.3. The number of hydrogen-bond donors (Lipinski definition) is 0. The van der Waals surface area contributed by atoms with Gasteiger partial charge in [-0.05, 0) is 40.8 Å². The molecule has 0 aliphatic heterocycles. The van der Waals surface area contributed by atoms with Crippen LogP contribution in [0, 0.1) is 3.57 Å². The van der Waals surface area contributed by atoms with E-state index in [1.807, 2.05) is 22.6 Å². The van der Waals surface area contributed by atoms with Crippen LogP contribution in [0.4, 0.5) is 0 Å². The molecule has 0 aliphatic rings. The number of ether oxygens (including phenoxy) is 3.